The summed E-state index contributed by atoms with van der Waals surface area (Å²) < 4.78 is 0. The van der Waals surface area contributed by atoms with Gasteiger partial charge in [0.05, 0.1) is 0 Å². The van der Waals surface area contributed by atoms with Gasteiger partial charge >= 0.3 is 0 Å². The molecule has 86 valence electrons. The lowest BCUT2D eigenvalue weighted by molar-refractivity contribution is 1.46. The molecule has 0 aliphatic carbocycles. The molecule has 0 spiro atoms. The van der Waals surface area contributed by atoms with E-state index in [4.69, 9.17) is 11.5 Å². The maximum atomic E-state index is 5.95. The quantitative estimate of drug-likeness (QED) is 0.607. The van der Waals surface area contributed by atoms with Gasteiger partial charge in [0.15, 0.2) is 0 Å². The molecule has 2 aromatic carbocycles. The van der Waals surface area contributed by atoms with E-state index in [1.54, 1.807) is 0 Å². The van der Waals surface area contributed by atoms with E-state index in [1.807, 2.05) is 61.5 Å². The lowest BCUT2D eigenvalue weighted by atomic mass is 10.1. The van der Waals surface area contributed by atoms with E-state index in [1.165, 1.54) is 0 Å². The molecule has 2 heteroatoms. The molecule has 0 radical (unpaired) electrons. The van der Waals surface area contributed by atoms with Crippen molar-refractivity contribution in [1.29, 1.82) is 0 Å². The summed E-state index contributed by atoms with van der Waals surface area (Å²) in [7, 11) is 0. The molecule has 0 fully saturated rings. The Balaban J connectivity index is 2.31. The van der Waals surface area contributed by atoms with Crippen LogP contribution in [0.1, 0.15) is 16.7 Å². The molecule has 0 amide bonds. The number of rotatable bonds is 2. The predicted molar refractivity (Wildman–Crippen MR) is 75.4 cm³/mol. The molecule has 2 nitrogen and oxygen atoms in total. The van der Waals surface area contributed by atoms with Crippen molar-refractivity contribution >= 4 is 23.5 Å². The predicted octanol–water partition coefficient (Wildman–Crippen LogP) is 3.33. The van der Waals surface area contributed by atoms with Crippen LogP contribution in [0, 0.1) is 6.92 Å². The molecular formula is C15H16N2. The summed E-state index contributed by atoms with van der Waals surface area (Å²) in [6, 6.07) is 13.9. The van der Waals surface area contributed by atoms with Gasteiger partial charge in [-0.2, -0.15) is 0 Å². The summed E-state index contributed by atoms with van der Waals surface area (Å²) in [6.07, 6.45) is 4.01. The first-order chi connectivity index (χ1) is 8.16. The van der Waals surface area contributed by atoms with Crippen molar-refractivity contribution in [3.8, 4) is 0 Å². The number of nitrogens with two attached hydrogens (primary N) is 2. The third-order valence-corrected chi connectivity index (χ3v) is 2.73. The van der Waals surface area contributed by atoms with Crippen LogP contribution < -0.4 is 11.5 Å². The van der Waals surface area contributed by atoms with Crippen LogP contribution in [0.4, 0.5) is 11.4 Å². The van der Waals surface area contributed by atoms with Gasteiger partial charge in [-0.15, -0.1) is 0 Å². The van der Waals surface area contributed by atoms with Gasteiger partial charge in [0.2, 0.25) is 0 Å². The van der Waals surface area contributed by atoms with Gasteiger partial charge in [-0.3, -0.25) is 0 Å². The minimum absolute atomic E-state index is 0.754. The second kappa shape index (κ2) is 4.74. The smallest absolute Gasteiger partial charge is 0.0391 e. The topological polar surface area (TPSA) is 52.0 Å². The van der Waals surface area contributed by atoms with Gasteiger partial charge in [-0.05, 0) is 35.7 Å². The molecule has 0 aliphatic rings. The summed E-state index contributed by atoms with van der Waals surface area (Å²) in [5.41, 5.74) is 16.5. The van der Waals surface area contributed by atoms with Gasteiger partial charge in [0, 0.05) is 11.4 Å². The van der Waals surface area contributed by atoms with Crippen LogP contribution in [0.25, 0.3) is 12.2 Å². The van der Waals surface area contributed by atoms with E-state index in [9.17, 15) is 0 Å². The molecule has 0 unspecified atom stereocenters. The fourth-order valence-electron chi connectivity index (χ4n) is 1.66. The van der Waals surface area contributed by atoms with Crippen molar-refractivity contribution in [2.24, 2.45) is 0 Å². The maximum absolute atomic E-state index is 5.95. The van der Waals surface area contributed by atoms with Gasteiger partial charge in [-0.25, -0.2) is 0 Å². The summed E-state index contributed by atoms with van der Waals surface area (Å²) in [5.74, 6) is 0. The summed E-state index contributed by atoms with van der Waals surface area (Å²) in [5, 5.41) is 0. The minimum Gasteiger partial charge on any atom is -0.398 e. The fraction of sp³-hybridized carbons (Fsp3) is 0.0667. The molecule has 0 aliphatic heterocycles. The van der Waals surface area contributed by atoms with Crippen LogP contribution >= 0.6 is 0 Å². The molecule has 0 aromatic heterocycles. The summed E-state index contributed by atoms with van der Waals surface area (Å²) in [4.78, 5) is 0. The molecule has 17 heavy (non-hydrogen) atoms. The average Bonchev–Trinajstić information content (AvgIpc) is 2.33. The molecule has 2 rings (SSSR count). The molecule has 0 saturated heterocycles. The third kappa shape index (κ3) is 2.67. The van der Waals surface area contributed by atoms with Gasteiger partial charge in [-0.1, -0.05) is 42.5 Å². The Morgan fingerprint density at radius 3 is 2.29 bits per heavy atom. The fourth-order valence-corrected chi connectivity index (χ4v) is 1.66. The Kier molecular flexibility index (Phi) is 3.15. The molecule has 0 atom stereocenters. The summed E-state index contributed by atoms with van der Waals surface area (Å²) >= 11 is 0. The standard InChI is InChI=1S/C15H16N2/c1-11-9-15(17)13(10-14(11)16)8-7-12-5-3-2-4-6-12/h2-10H,16-17H2,1H3/b8-7+. The number of aryl methyl sites for hydroxylation is 1. The maximum Gasteiger partial charge on any atom is 0.0391 e. The number of nitrogen functional groups attached to an aromatic ring is 2. The van der Waals surface area contributed by atoms with E-state index in [-0.39, 0.29) is 0 Å². The second-order valence-electron chi connectivity index (χ2n) is 4.08. The SMILES string of the molecule is Cc1cc(N)c(/C=C/c2ccccc2)cc1N. The largest absolute Gasteiger partial charge is 0.398 e. The second-order valence-corrected chi connectivity index (χ2v) is 4.08. The van der Waals surface area contributed by atoms with Crippen LogP contribution in [0.15, 0.2) is 42.5 Å². The number of benzene rings is 2. The Labute approximate surface area is 102 Å². The van der Waals surface area contributed by atoms with Crippen LogP contribution in [0.2, 0.25) is 0 Å². The van der Waals surface area contributed by atoms with Crippen molar-refractivity contribution in [2.75, 3.05) is 11.5 Å². The zero-order chi connectivity index (χ0) is 12.3. The summed E-state index contributed by atoms with van der Waals surface area (Å²) in [6.45, 7) is 1.95. The number of anilines is 2. The van der Waals surface area contributed by atoms with Gasteiger partial charge in [0.1, 0.15) is 0 Å². The first kappa shape index (κ1) is 11.3. The highest BCUT2D eigenvalue weighted by molar-refractivity contribution is 5.78. The highest BCUT2D eigenvalue weighted by Gasteiger charge is 1.99. The van der Waals surface area contributed by atoms with Crippen molar-refractivity contribution in [3.05, 3.63) is 59.2 Å². The van der Waals surface area contributed by atoms with Crippen LogP contribution in [-0.2, 0) is 0 Å². The Morgan fingerprint density at radius 1 is 0.882 bits per heavy atom. The average molecular weight is 224 g/mol. The van der Waals surface area contributed by atoms with Gasteiger partial charge in [0.25, 0.3) is 0 Å². The van der Waals surface area contributed by atoms with Gasteiger partial charge < -0.3 is 11.5 Å². The molecule has 2 aromatic rings. The van der Waals surface area contributed by atoms with Crippen LogP contribution in [0.3, 0.4) is 0 Å². The molecule has 0 heterocycles. The van der Waals surface area contributed by atoms with E-state index in [2.05, 4.69) is 0 Å². The lowest BCUT2D eigenvalue weighted by Gasteiger charge is -2.05. The van der Waals surface area contributed by atoms with E-state index >= 15 is 0 Å². The highest BCUT2D eigenvalue weighted by Crippen LogP contribution is 2.22. The first-order valence-electron chi connectivity index (χ1n) is 5.55. The zero-order valence-corrected chi connectivity index (χ0v) is 9.85. The highest BCUT2D eigenvalue weighted by atomic mass is 14.6. The Bertz CT molecular complexity index is 542. The van der Waals surface area contributed by atoms with E-state index in [0.29, 0.717) is 0 Å². The molecule has 4 N–H and O–H groups in total. The van der Waals surface area contributed by atoms with Crippen LogP contribution in [-0.4, -0.2) is 0 Å². The number of hydrogen-bond acceptors (Lipinski definition) is 2. The first-order valence-corrected chi connectivity index (χ1v) is 5.55. The Morgan fingerprint density at radius 2 is 1.59 bits per heavy atom. The normalized spacial score (nSPS) is 10.9. The number of hydrogen-bond donors (Lipinski definition) is 2. The van der Waals surface area contributed by atoms with Crippen molar-refractivity contribution in [2.45, 2.75) is 6.92 Å². The van der Waals surface area contributed by atoms with Crippen molar-refractivity contribution < 1.29 is 0 Å². The molecule has 0 bridgehead atoms. The third-order valence-electron chi connectivity index (χ3n) is 2.73. The molecule has 0 saturated carbocycles. The minimum atomic E-state index is 0.754. The lowest BCUT2D eigenvalue weighted by Crippen LogP contribution is -1.95. The molecular weight excluding hydrogens is 208 g/mol. The van der Waals surface area contributed by atoms with Crippen molar-refractivity contribution in [1.82, 2.24) is 0 Å². The van der Waals surface area contributed by atoms with E-state index < -0.39 is 0 Å². The monoisotopic (exact) mass is 224 g/mol. The van der Waals surface area contributed by atoms with E-state index in [0.717, 1.165) is 28.1 Å². The zero-order valence-electron chi connectivity index (χ0n) is 9.85. The van der Waals surface area contributed by atoms with Crippen molar-refractivity contribution in [3.63, 3.8) is 0 Å². The Hall–Kier alpha value is -2.22. The van der Waals surface area contributed by atoms with Crippen LogP contribution in [0.5, 0.6) is 0 Å².